The van der Waals surface area contributed by atoms with Crippen LogP contribution in [0, 0.1) is 0 Å². The van der Waals surface area contributed by atoms with Gasteiger partial charge in [-0.3, -0.25) is 4.79 Å². The first kappa shape index (κ1) is 14.9. The van der Waals surface area contributed by atoms with Crippen LogP contribution >= 0.6 is 0 Å². The summed E-state index contributed by atoms with van der Waals surface area (Å²) in [4.78, 5) is 11.1. The Balaban J connectivity index is 4.14. The Labute approximate surface area is 97.3 Å². The van der Waals surface area contributed by atoms with Crippen LogP contribution < -0.4 is 5.32 Å². The predicted molar refractivity (Wildman–Crippen MR) is 65.6 cm³/mol. The summed E-state index contributed by atoms with van der Waals surface area (Å²) in [7, 11) is -3.05. The molecule has 0 fully saturated rings. The molecule has 0 aromatic carbocycles. The van der Waals surface area contributed by atoms with E-state index in [0.717, 1.165) is 6.26 Å². The summed E-state index contributed by atoms with van der Waals surface area (Å²) in [6.45, 7) is 7.12. The highest BCUT2D eigenvalue weighted by Gasteiger charge is 2.17. The van der Waals surface area contributed by atoms with Crippen molar-refractivity contribution in [3.8, 4) is 0 Å². The lowest BCUT2D eigenvalue weighted by atomic mass is 9.98. The van der Waals surface area contributed by atoms with Gasteiger partial charge in [0.05, 0.1) is 0 Å². The summed E-state index contributed by atoms with van der Waals surface area (Å²) in [6.07, 6.45) is 5.22. The van der Waals surface area contributed by atoms with Crippen LogP contribution in [0.5, 0.6) is 0 Å². The molecule has 0 saturated carbocycles. The van der Waals surface area contributed by atoms with Crippen molar-refractivity contribution in [2.75, 3.05) is 6.26 Å². The highest BCUT2D eigenvalue weighted by molar-refractivity contribution is 7.93. The van der Waals surface area contributed by atoms with E-state index in [1.807, 2.05) is 13.8 Å². The molecule has 0 bridgehead atoms. The molecule has 1 N–H and O–H groups in total. The highest BCUT2D eigenvalue weighted by Crippen LogP contribution is 2.11. The molecule has 0 saturated heterocycles. The quantitative estimate of drug-likeness (QED) is 0.720. The number of carbonyl (C=O) groups is 1. The second kappa shape index (κ2) is 5.84. The molecular formula is C11H19NO3S. The highest BCUT2D eigenvalue weighted by atomic mass is 32.2. The van der Waals surface area contributed by atoms with E-state index in [-0.39, 0.29) is 11.4 Å². The predicted octanol–water partition coefficient (Wildman–Crippen LogP) is 1.41. The Bertz CT molecular complexity index is 380. The first-order valence-corrected chi connectivity index (χ1v) is 6.93. The first-order chi connectivity index (χ1) is 7.16. The number of hydrogen-bond donors (Lipinski definition) is 1. The zero-order chi connectivity index (χ0) is 12.8. The van der Waals surface area contributed by atoms with Crippen molar-refractivity contribution in [3.63, 3.8) is 0 Å². The van der Waals surface area contributed by atoms with Crippen LogP contribution in [-0.2, 0) is 14.6 Å². The molecule has 0 rings (SSSR count). The Morgan fingerprint density at radius 3 is 2.44 bits per heavy atom. The summed E-state index contributed by atoms with van der Waals surface area (Å²) in [5.74, 6) is -0.225. The molecule has 92 valence electrons. The second-order valence-electron chi connectivity index (χ2n) is 4.32. The zero-order valence-corrected chi connectivity index (χ0v) is 10.8. The maximum atomic E-state index is 11.1. The van der Waals surface area contributed by atoms with Crippen LogP contribution in [0.3, 0.4) is 0 Å². The average molecular weight is 245 g/mol. The van der Waals surface area contributed by atoms with Crippen LogP contribution in [-0.4, -0.2) is 26.1 Å². The number of carbonyl (C=O) groups excluding carboxylic acids is 1. The van der Waals surface area contributed by atoms with E-state index in [9.17, 15) is 13.2 Å². The third kappa shape index (κ3) is 8.23. The molecule has 0 aromatic rings. The van der Waals surface area contributed by atoms with Gasteiger partial charge >= 0.3 is 0 Å². The topological polar surface area (TPSA) is 63.2 Å². The molecule has 0 spiro atoms. The van der Waals surface area contributed by atoms with Gasteiger partial charge in [-0.05, 0) is 32.8 Å². The minimum atomic E-state index is -3.05. The molecule has 0 aliphatic heterocycles. The van der Waals surface area contributed by atoms with Crippen LogP contribution in [0.1, 0.15) is 26.7 Å². The third-order valence-corrected chi connectivity index (χ3v) is 2.61. The Morgan fingerprint density at radius 2 is 2.00 bits per heavy atom. The average Bonchev–Trinajstić information content (AvgIpc) is 2.10. The SMILES string of the molecule is C=CC(=O)NC(C)(C)CC/C=C/S(C)(=O)=O. The van der Waals surface area contributed by atoms with Crippen molar-refractivity contribution in [1.82, 2.24) is 5.32 Å². The molecule has 5 heteroatoms. The maximum Gasteiger partial charge on any atom is 0.243 e. The zero-order valence-electron chi connectivity index (χ0n) is 9.99. The van der Waals surface area contributed by atoms with Crippen molar-refractivity contribution < 1.29 is 13.2 Å². The number of rotatable bonds is 6. The molecule has 0 radical (unpaired) electrons. The van der Waals surface area contributed by atoms with Gasteiger partial charge in [0, 0.05) is 17.2 Å². The van der Waals surface area contributed by atoms with E-state index in [1.165, 1.54) is 11.5 Å². The van der Waals surface area contributed by atoms with Crippen LogP contribution in [0.4, 0.5) is 0 Å². The first-order valence-electron chi connectivity index (χ1n) is 4.97. The fourth-order valence-corrected chi connectivity index (χ4v) is 1.62. The van der Waals surface area contributed by atoms with Gasteiger partial charge in [-0.2, -0.15) is 0 Å². The smallest absolute Gasteiger partial charge is 0.243 e. The monoisotopic (exact) mass is 245 g/mol. The minimum absolute atomic E-state index is 0.225. The fourth-order valence-electron chi connectivity index (χ4n) is 1.13. The van der Waals surface area contributed by atoms with E-state index < -0.39 is 9.84 Å². The van der Waals surface area contributed by atoms with E-state index in [4.69, 9.17) is 0 Å². The summed E-state index contributed by atoms with van der Waals surface area (Å²) in [6, 6.07) is 0. The van der Waals surface area contributed by atoms with Gasteiger partial charge in [0.1, 0.15) is 0 Å². The lowest BCUT2D eigenvalue weighted by Gasteiger charge is -2.24. The number of allylic oxidation sites excluding steroid dienone is 1. The van der Waals surface area contributed by atoms with E-state index in [0.29, 0.717) is 12.8 Å². The molecule has 4 nitrogen and oxygen atoms in total. The molecule has 0 unspecified atom stereocenters. The van der Waals surface area contributed by atoms with Gasteiger partial charge < -0.3 is 5.32 Å². The molecule has 16 heavy (non-hydrogen) atoms. The molecular weight excluding hydrogens is 226 g/mol. The van der Waals surface area contributed by atoms with Crippen molar-refractivity contribution in [2.24, 2.45) is 0 Å². The van der Waals surface area contributed by atoms with Crippen LogP contribution in [0.2, 0.25) is 0 Å². The molecule has 0 aliphatic rings. The summed E-state index contributed by atoms with van der Waals surface area (Å²) in [5, 5.41) is 3.94. The standard InChI is InChI=1S/C11H19NO3S/c1-5-10(13)12-11(2,3)8-6-7-9-16(4,14)15/h5,7,9H,1,6,8H2,2-4H3,(H,12,13)/b9-7+. The number of nitrogens with one attached hydrogen (secondary N) is 1. The molecule has 0 aromatic heterocycles. The third-order valence-electron chi connectivity index (χ3n) is 1.93. The fraction of sp³-hybridized carbons (Fsp3) is 0.545. The lowest BCUT2D eigenvalue weighted by molar-refractivity contribution is -0.118. The Morgan fingerprint density at radius 1 is 1.44 bits per heavy atom. The largest absolute Gasteiger partial charge is 0.348 e. The van der Waals surface area contributed by atoms with E-state index in [1.54, 1.807) is 6.08 Å². The second-order valence-corrected chi connectivity index (χ2v) is 6.25. The van der Waals surface area contributed by atoms with E-state index >= 15 is 0 Å². The summed E-state index contributed by atoms with van der Waals surface area (Å²) >= 11 is 0. The maximum absolute atomic E-state index is 11.1. The Hall–Kier alpha value is -1.10. The minimum Gasteiger partial charge on any atom is -0.348 e. The van der Waals surface area contributed by atoms with Crippen molar-refractivity contribution in [3.05, 3.63) is 24.1 Å². The van der Waals surface area contributed by atoms with Gasteiger partial charge in [0.15, 0.2) is 9.84 Å². The number of hydrogen-bond acceptors (Lipinski definition) is 3. The van der Waals surface area contributed by atoms with Crippen LogP contribution in [0.15, 0.2) is 24.1 Å². The number of amides is 1. The molecule has 0 heterocycles. The van der Waals surface area contributed by atoms with Gasteiger partial charge in [0.25, 0.3) is 0 Å². The van der Waals surface area contributed by atoms with Gasteiger partial charge in [0.2, 0.25) is 5.91 Å². The van der Waals surface area contributed by atoms with Crippen LogP contribution in [0.25, 0.3) is 0 Å². The normalized spacial score (nSPS) is 12.7. The van der Waals surface area contributed by atoms with Gasteiger partial charge in [-0.1, -0.05) is 12.7 Å². The van der Waals surface area contributed by atoms with Gasteiger partial charge in [-0.25, -0.2) is 8.42 Å². The Kier molecular flexibility index (Phi) is 5.44. The molecule has 0 aliphatic carbocycles. The summed E-state index contributed by atoms with van der Waals surface area (Å²) in [5.41, 5.74) is -0.368. The van der Waals surface area contributed by atoms with Gasteiger partial charge in [-0.15, -0.1) is 0 Å². The summed E-state index contributed by atoms with van der Waals surface area (Å²) < 4.78 is 21.6. The number of sulfone groups is 1. The molecule has 0 atom stereocenters. The lowest BCUT2D eigenvalue weighted by Crippen LogP contribution is -2.42. The van der Waals surface area contributed by atoms with Crippen molar-refractivity contribution >= 4 is 15.7 Å². The van der Waals surface area contributed by atoms with E-state index in [2.05, 4.69) is 11.9 Å². The molecule has 1 amide bonds. The van der Waals surface area contributed by atoms with Crippen molar-refractivity contribution in [2.45, 2.75) is 32.2 Å². The van der Waals surface area contributed by atoms with Crippen molar-refractivity contribution in [1.29, 1.82) is 0 Å².